The minimum Gasteiger partial charge on any atom is -0.391 e. The lowest BCUT2D eigenvalue weighted by molar-refractivity contribution is -0.104. The molecule has 0 aliphatic carbocycles. The zero-order chi connectivity index (χ0) is 21.4. The molecule has 1 saturated heterocycles. The van der Waals surface area contributed by atoms with Gasteiger partial charge in [-0.05, 0) is 18.4 Å². The first-order valence-corrected chi connectivity index (χ1v) is 10.7. The van der Waals surface area contributed by atoms with Gasteiger partial charge in [0.2, 0.25) is 5.95 Å². The van der Waals surface area contributed by atoms with E-state index in [0.29, 0.717) is 32.1 Å². The molecule has 0 unspecified atom stereocenters. The second-order valence-corrected chi connectivity index (χ2v) is 8.60. The Balaban J connectivity index is 1.48. The molecule has 0 bridgehead atoms. The standard InChI is InChI=1S/C20H20N8O2S/c1-13(29)8-27-10-15(7-22-27)24-19-25-16-2-5-31-18(16)17(26-19)14-6-23-28(9-14)20(3-4-21)11-30-12-20/h2,5-7,9-10,13,29H,3,8,11-12H2,1H3,(H,24,25,26)/t13-/m0/s1. The summed E-state index contributed by atoms with van der Waals surface area (Å²) in [6.45, 7) is 3.07. The van der Waals surface area contributed by atoms with Gasteiger partial charge >= 0.3 is 0 Å². The van der Waals surface area contributed by atoms with Crippen molar-refractivity contribution in [3.8, 4) is 17.3 Å². The average molecular weight is 437 g/mol. The number of anilines is 2. The molecule has 0 radical (unpaired) electrons. The average Bonchev–Trinajstić information content (AvgIpc) is 3.44. The number of rotatable bonds is 7. The number of aliphatic hydroxyl groups excluding tert-OH is 1. The van der Waals surface area contributed by atoms with Crippen LogP contribution in [-0.2, 0) is 16.8 Å². The normalized spacial score (nSPS) is 16.0. The first-order chi connectivity index (χ1) is 15.1. The Hall–Kier alpha value is -3.33. The number of hydrogen-bond acceptors (Lipinski definition) is 9. The quantitative estimate of drug-likeness (QED) is 0.452. The van der Waals surface area contributed by atoms with Gasteiger partial charge in [-0.3, -0.25) is 9.36 Å². The molecule has 31 heavy (non-hydrogen) atoms. The molecule has 11 heteroatoms. The summed E-state index contributed by atoms with van der Waals surface area (Å²) in [7, 11) is 0. The molecule has 5 rings (SSSR count). The maximum atomic E-state index is 9.54. The lowest BCUT2D eigenvalue weighted by atomic mass is 9.94. The molecule has 1 aliphatic rings. The molecule has 1 aliphatic heterocycles. The third-order valence-electron chi connectivity index (χ3n) is 5.14. The highest BCUT2D eigenvalue weighted by molar-refractivity contribution is 7.17. The number of ether oxygens (including phenoxy) is 1. The molecule has 0 spiro atoms. The summed E-state index contributed by atoms with van der Waals surface area (Å²) in [5.41, 5.74) is 2.79. The van der Waals surface area contributed by atoms with E-state index in [2.05, 4.69) is 26.6 Å². The molecule has 4 aromatic rings. The van der Waals surface area contributed by atoms with Crippen molar-refractivity contribution in [2.24, 2.45) is 0 Å². The number of thiophene rings is 1. The van der Waals surface area contributed by atoms with Crippen LogP contribution in [0.1, 0.15) is 13.3 Å². The molecule has 2 N–H and O–H groups in total. The van der Waals surface area contributed by atoms with Crippen LogP contribution in [0.3, 0.4) is 0 Å². The maximum absolute atomic E-state index is 9.54. The van der Waals surface area contributed by atoms with Crippen LogP contribution in [-0.4, -0.2) is 54.0 Å². The summed E-state index contributed by atoms with van der Waals surface area (Å²) >= 11 is 1.57. The van der Waals surface area contributed by atoms with Gasteiger partial charge < -0.3 is 15.2 Å². The molecule has 1 fully saturated rings. The Morgan fingerprint density at radius 3 is 2.94 bits per heavy atom. The largest absolute Gasteiger partial charge is 0.391 e. The molecule has 10 nitrogen and oxygen atoms in total. The van der Waals surface area contributed by atoms with Gasteiger partial charge in [0.15, 0.2) is 0 Å². The van der Waals surface area contributed by atoms with Crippen LogP contribution in [0.25, 0.3) is 21.5 Å². The van der Waals surface area contributed by atoms with E-state index in [4.69, 9.17) is 9.72 Å². The number of nitrogens with one attached hydrogen (secondary N) is 1. The van der Waals surface area contributed by atoms with E-state index in [1.165, 1.54) is 0 Å². The van der Waals surface area contributed by atoms with Gasteiger partial charge in [-0.1, -0.05) is 0 Å². The van der Waals surface area contributed by atoms with E-state index in [0.717, 1.165) is 27.2 Å². The van der Waals surface area contributed by atoms with E-state index in [9.17, 15) is 10.4 Å². The molecule has 0 amide bonds. The summed E-state index contributed by atoms with van der Waals surface area (Å²) in [5, 5.41) is 32.7. The van der Waals surface area contributed by atoms with Crippen LogP contribution in [0.15, 0.2) is 36.2 Å². The fourth-order valence-electron chi connectivity index (χ4n) is 3.55. The van der Waals surface area contributed by atoms with Crippen molar-refractivity contribution in [1.82, 2.24) is 29.5 Å². The van der Waals surface area contributed by atoms with Crippen molar-refractivity contribution in [3.05, 3.63) is 36.2 Å². The Bertz CT molecular complexity index is 1260. The summed E-state index contributed by atoms with van der Waals surface area (Å²) < 4.78 is 9.81. The van der Waals surface area contributed by atoms with Gasteiger partial charge in [-0.15, -0.1) is 11.3 Å². The summed E-state index contributed by atoms with van der Waals surface area (Å²) in [6.07, 6.45) is 7.02. The van der Waals surface area contributed by atoms with Crippen LogP contribution in [0.2, 0.25) is 0 Å². The van der Waals surface area contributed by atoms with Crippen molar-refractivity contribution >= 4 is 33.2 Å². The van der Waals surface area contributed by atoms with Crippen LogP contribution in [0, 0.1) is 11.3 Å². The predicted molar refractivity (Wildman–Crippen MR) is 115 cm³/mol. The van der Waals surface area contributed by atoms with E-state index >= 15 is 0 Å². The van der Waals surface area contributed by atoms with Crippen molar-refractivity contribution in [2.75, 3.05) is 18.5 Å². The third kappa shape index (κ3) is 3.65. The van der Waals surface area contributed by atoms with Crippen molar-refractivity contribution in [2.45, 2.75) is 31.5 Å². The van der Waals surface area contributed by atoms with Crippen molar-refractivity contribution in [3.63, 3.8) is 0 Å². The van der Waals surface area contributed by atoms with Gasteiger partial charge in [0.05, 0.1) is 72.3 Å². The van der Waals surface area contributed by atoms with Gasteiger partial charge in [-0.2, -0.15) is 15.5 Å². The van der Waals surface area contributed by atoms with Crippen molar-refractivity contribution in [1.29, 1.82) is 5.26 Å². The Labute approximate surface area is 181 Å². The highest BCUT2D eigenvalue weighted by Crippen LogP contribution is 2.34. The zero-order valence-corrected chi connectivity index (χ0v) is 17.6. The van der Waals surface area contributed by atoms with Crippen LogP contribution in [0.5, 0.6) is 0 Å². The molecule has 0 aromatic carbocycles. The first kappa shape index (κ1) is 19.6. The van der Waals surface area contributed by atoms with Gasteiger partial charge in [-0.25, -0.2) is 9.97 Å². The minimum atomic E-state index is -0.486. The minimum absolute atomic E-state index is 0.343. The van der Waals surface area contributed by atoms with Gasteiger partial charge in [0, 0.05) is 18.0 Å². The van der Waals surface area contributed by atoms with E-state index in [1.807, 2.05) is 22.3 Å². The van der Waals surface area contributed by atoms with Crippen LogP contribution < -0.4 is 5.32 Å². The topological polar surface area (TPSA) is 127 Å². The number of fused-ring (bicyclic) bond motifs is 1. The van der Waals surface area contributed by atoms with Crippen molar-refractivity contribution < 1.29 is 9.84 Å². The van der Waals surface area contributed by atoms with Crippen LogP contribution >= 0.6 is 11.3 Å². The number of aliphatic hydroxyl groups is 1. The van der Waals surface area contributed by atoms with Gasteiger partial charge in [0.25, 0.3) is 0 Å². The predicted octanol–water partition coefficient (Wildman–Crippen LogP) is 2.51. The SMILES string of the molecule is C[C@H](O)Cn1cc(Nc2nc(-c3cnn(C4(CC#N)COC4)c3)c3sccc3n2)cn1. The van der Waals surface area contributed by atoms with E-state index in [-0.39, 0.29) is 0 Å². The Morgan fingerprint density at radius 1 is 1.32 bits per heavy atom. The molecular formula is C20H20N8O2S. The first-order valence-electron chi connectivity index (χ1n) is 9.79. The molecule has 4 aromatic heterocycles. The molecular weight excluding hydrogens is 416 g/mol. The lowest BCUT2D eigenvalue weighted by Crippen LogP contribution is -2.51. The number of nitrogens with zero attached hydrogens (tertiary/aromatic N) is 7. The fourth-order valence-corrected chi connectivity index (χ4v) is 4.39. The van der Waals surface area contributed by atoms with Gasteiger partial charge in [0.1, 0.15) is 5.54 Å². The third-order valence-corrected chi connectivity index (χ3v) is 6.05. The molecule has 158 valence electrons. The van der Waals surface area contributed by atoms with E-state index in [1.54, 1.807) is 41.5 Å². The highest BCUT2D eigenvalue weighted by Gasteiger charge is 2.41. The number of hydrogen-bond donors (Lipinski definition) is 2. The Kier molecular flexibility index (Phi) is 4.90. The smallest absolute Gasteiger partial charge is 0.228 e. The second-order valence-electron chi connectivity index (χ2n) is 7.68. The summed E-state index contributed by atoms with van der Waals surface area (Å²) in [4.78, 5) is 9.36. The summed E-state index contributed by atoms with van der Waals surface area (Å²) in [6, 6.07) is 4.19. The zero-order valence-electron chi connectivity index (χ0n) is 16.8. The monoisotopic (exact) mass is 436 g/mol. The van der Waals surface area contributed by atoms with Crippen LogP contribution in [0.4, 0.5) is 11.6 Å². The second kappa shape index (κ2) is 7.73. The molecule has 0 saturated carbocycles. The highest BCUT2D eigenvalue weighted by atomic mass is 32.1. The maximum Gasteiger partial charge on any atom is 0.228 e. The lowest BCUT2D eigenvalue weighted by Gasteiger charge is -2.39. The Morgan fingerprint density at radius 2 is 2.19 bits per heavy atom. The van der Waals surface area contributed by atoms with E-state index < -0.39 is 11.6 Å². The summed E-state index contributed by atoms with van der Waals surface area (Å²) in [5.74, 6) is 0.448. The molecule has 1 atom stereocenters. The number of nitriles is 1. The fraction of sp³-hybridized carbons (Fsp3) is 0.350. The molecule has 5 heterocycles. The number of aromatic nitrogens is 6.